The van der Waals surface area contributed by atoms with Crippen LogP contribution in [0, 0.1) is 0 Å². The van der Waals surface area contributed by atoms with Gasteiger partial charge in [0.25, 0.3) is 0 Å². The second-order valence-corrected chi connectivity index (χ2v) is 8.91. The maximum atomic E-state index is 13.1. The molecule has 12 nitrogen and oxygen atoms in total. The Kier molecular flexibility index (Phi) is 7.28. The molecule has 2 aromatic rings. The number of hydrogen-bond acceptors (Lipinski definition) is 7. The molecular formula is C23H29N7O5. The van der Waals surface area contributed by atoms with Gasteiger partial charge in [0.1, 0.15) is 17.8 Å². The number of para-hydroxylation sites is 1. The number of hydrogen-bond donors (Lipinski definition) is 5. The first-order chi connectivity index (χ1) is 16.8. The van der Waals surface area contributed by atoms with E-state index in [9.17, 15) is 19.2 Å². The Balaban J connectivity index is 1.48. The van der Waals surface area contributed by atoms with E-state index in [1.54, 1.807) is 6.20 Å². The van der Waals surface area contributed by atoms with Gasteiger partial charge in [-0.25, -0.2) is 0 Å². The minimum atomic E-state index is -1.04. The van der Waals surface area contributed by atoms with Crippen molar-refractivity contribution in [1.82, 2.24) is 31.4 Å². The number of aromatic amines is 1. The molecular weight excluding hydrogens is 454 g/mol. The first-order valence-electron chi connectivity index (χ1n) is 11.6. The molecule has 0 unspecified atom stereocenters. The Morgan fingerprint density at radius 3 is 2.77 bits per heavy atom. The number of carboxylic acid groups (broad SMARTS) is 1. The van der Waals surface area contributed by atoms with Gasteiger partial charge in [-0.2, -0.15) is 0 Å². The standard InChI is InChI=1S/C23H29N7O5/c1-13(31)26-18(7-8-20(32)33)22(34)27-16-6-5-14-3-2-4-15-9-19(30(12-16)21(14)15)23(35)24-10-17-11-25-29-28-17/h2-4,11,16,18-19H,5-10,12H2,1H3,(H,24,35)(H,26,31)(H,27,34)(H,32,33)(H,25,28,29)/t16-,18-,19-/m0/s1. The van der Waals surface area contributed by atoms with Crippen LogP contribution in [-0.2, 0) is 38.6 Å². The van der Waals surface area contributed by atoms with Gasteiger partial charge >= 0.3 is 5.97 Å². The van der Waals surface area contributed by atoms with Gasteiger partial charge in [0.2, 0.25) is 17.7 Å². The lowest BCUT2D eigenvalue weighted by molar-refractivity contribution is -0.138. The summed E-state index contributed by atoms with van der Waals surface area (Å²) < 4.78 is 0. The van der Waals surface area contributed by atoms with E-state index in [2.05, 4.69) is 31.4 Å². The van der Waals surface area contributed by atoms with Crippen LogP contribution >= 0.6 is 0 Å². The molecule has 0 saturated heterocycles. The van der Waals surface area contributed by atoms with Crippen LogP contribution in [0.5, 0.6) is 0 Å². The summed E-state index contributed by atoms with van der Waals surface area (Å²) in [5.41, 5.74) is 3.88. The molecule has 0 spiro atoms. The molecule has 0 bridgehead atoms. The summed E-state index contributed by atoms with van der Waals surface area (Å²) >= 11 is 0. The molecule has 0 radical (unpaired) electrons. The topological polar surface area (TPSA) is 169 Å². The van der Waals surface area contributed by atoms with Crippen LogP contribution in [0.4, 0.5) is 5.69 Å². The number of aromatic nitrogens is 3. The summed E-state index contributed by atoms with van der Waals surface area (Å²) in [6, 6.07) is 4.39. The quantitative estimate of drug-likeness (QED) is 0.322. The minimum Gasteiger partial charge on any atom is -0.481 e. The van der Waals surface area contributed by atoms with E-state index in [1.807, 2.05) is 23.1 Å². The zero-order valence-corrected chi connectivity index (χ0v) is 19.4. The normalized spacial score (nSPS) is 19.3. The summed E-state index contributed by atoms with van der Waals surface area (Å²) in [5.74, 6) is -2.01. The van der Waals surface area contributed by atoms with Crippen LogP contribution in [-0.4, -0.2) is 68.9 Å². The molecule has 3 heterocycles. The number of aryl methyl sites for hydroxylation is 1. The van der Waals surface area contributed by atoms with Crippen molar-refractivity contribution in [2.45, 2.75) is 63.7 Å². The van der Waals surface area contributed by atoms with E-state index < -0.39 is 29.9 Å². The lowest BCUT2D eigenvalue weighted by Gasteiger charge is -2.30. The maximum Gasteiger partial charge on any atom is 0.303 e. The molecule has 0 aliphatic carbocycles. The number of amides is 3. The van der Waals surface area contributed by atoms with Crippen molar-refractivity contribution in [2.24, 2.45) is 0 Å². The predicted octanol–water partition coefficient (Wildman–Crippen LogP) is -0.347. The molecule has 2 aliphatic heterocycles. The number of H-pyrrole nitrogens is 1. The fourth-order valence-electron chi connectivity index (χ4n) is 4.77. The largest absolute Gasteiger partial charge is 0.481 e. The average Bonchev–Trinajstić information content (AvgIpc) is 3.42. The molecule has 12 heteroatoms. The molecule has 5 N–H and O–H groups in total. The molecule has 0 saturated carbocycles. The molecule has 2 aliphatic rings. The summed E-state index contributed by atoms with van der Waals surface area (Å²) in [6.45, 7) is 1.96. The van der Waals surface area contributed by atoms with Gasteiger partial charge in [0.15, 0.2) is 0 Å². The fraction of sp³-hybridized carbons (Fsp3) is 0.478. The van der Waals surface area contributed by atoms with E-state index in [4.69, 9.17) is 5.11 Å². The van der Waals surface area contributed by atoms with Gasteiger partial charge in [-0.15, -0.1) is 5.10 Å². The number of aliphatic carboxylic acids is 1. The highest BCUT2D eigenvalue weighted by molar-refractivity contribution is 5.90. The van der Waals surface area contributed by atoms with Crippen LogP contribution in [0.2, 0.25) is 0 Å². The third-order valence-electron chi connectivity index (χ3n) is 6.36. The second-order valence-electron chi connectivity index (χ2n) is 8.91. The number of benzene rings is 1. The van der Waals surface area contributed by atoms with Gasteiger partial charge in [-0.05, 0) is 30.4 Å². The van der Waals surface area contributed by atoms with Crippen molar-refractivity contribution in [3.05, 3.63) is 41.2 Å². The van der Waals surface area contributed by atoms with E-state index in [1.165, 1.54) is 6.92 Å². The summed E-state index contributed by atoms with van der Waals surface area (Å²) in [4.78, 5) is 50.7. The smallest absolute Gasteiger partial charge is 0.303 e. The number of carbonyl (C=O) groups excluding carboxylic acids is 3. The molecule has 1 aromatic carbocycles. The van der Waals surface area contributed by atoms with Gasteiger partial charge in [-0.1, -0.05) is 23.4 Å². The number of nitrogens with zero attached hydrogens (tertiary/aromatic N) is 3. The van der Waals surface area contributed by atoms with Crippen molar-refractivity contribution in [3.63, 3.8) is 0 Å². The second kappa shape index (κ2) is 10.5. The van der Waals surface area contributed by atoms with Crippen molar-refractivity contribution in [1.29, 1.82) is 0 Å². The highest BCUT2D eigenvalue weighted by Gasteiger charge is 2.39. The van der Waals surface area contributed by atoms with E-state index >= 15 is 0 Å². The molecule has 0 fully saturated rings. The summed E-state index contributed by atoms with van der Waals surface area (Å²) in [7, 11) is 0. The van der Waals surface area contributed by atoms with Gasteiger partial charge in [0, 0.05) is 44.2 Å². The van der Waals surface area contributed by atoms with Crippen LogP contribution in [0.1, 0.15) is 43.0 Å². The number of carboxylic acids is 1. The highest BCUT2D eigenvalue weighted by atomic mass is 16.4. The molecule has 1 aromatic heterocycles. The zero-order valence-electron chi connectivity index (χ0n) is 19.4. The monoisotopic (exact) mass is 483 g/mol. The fourth-order valence-corrected chi connectivity index (χ4v) is 4.77. The average molecular weight is 484 g/mol. The zero-order chi connectivity index (χ0) is 24.9. The predicted molar refractivity (Wildman–Crippen MR) is 124 cm³/mol. The SMILES string of the molecule is CC(=O)N[C@@H](CCC(=O)O)C(=O)N[C@H]1CCc2cccc3c2N(C1)[C@H](C(=O)NCc1c[nH]nn1)C3. The Morgan fingerprint density at radius 2 is 2.06 bits per heavy atom. The van der Waals surface area contributed by atoms with E-state index in [0.29, 0.717) is 25.1 Å². The summed E-state index contributed by atoms with van der Waals surface area (Å²) in [6.07, 6.45) is 3.30. The maximum absolute atomic E-state index is 13.1. The van der Waals surface area contributed by atoms with Gasteiger partial charge in [-0.3, -0.25) is 24.3 Å². The lowest BCUT2D eigenvalue weighted by atomic mass is 10.0. The molecule has 35 heavy (non-hydrogen) atoms. The first kappa shape index (κ1) is 24.2. The van der Waals surface area contributed by atoms with Crippen LogP contribution in [0.3, 0.4) is 0 Å². The molecule has 4 rings (SSSR count). The number of anilines is 1. The van der Waals surface area contributed by atoms with Crippen molar-refractivity contribution >= 4 is 29.4 Å². The Labute approximate surface area is 201 Å². The van der Waals surface area contributed by atoms with Gasteiger partial charge < -0.3 is 26.0 Å². The third-order valence-corrected chi connectivity index (χ3v) is 6.36. The van der Waals surface area contributed by atoms with Crippen molar-refractivity contribution < 1.29 is 24.3 Å². The third kappa shape index (κ3) is 5.76. The molecule has 3 atom stereocenters. The Hall–Kier alpha value is -3.96. The van der Waals surface area contributed by atoms with E-state index in [-0.39, 0.29) is 31.3 Å². The number of carbonyl (C=O) groups is 4. The molecule has 186 valence electrons. The van der Waals surface area contributed by atoms with Crippen molar-refractivity contribution in [3.8, 4) is 0 Å². The number of rotatable bonds is 9. The lowest BCUT2D eigenvalue weighted by Crippen LogP contribution is -2.54. The minimum absolute atomic E-state index is 0.00532. The number of nitrogens with one attached hydrogen (secondary N) is 4. The van der Waals surface area contributed by atoms with Crippen LogP contribution in [0.25, 0.3) is 0 Å². The first-order valence-corrected chi connectivity index (χ1v) is 11.6. The van der Waals surface area contributed by atoms with Crippen LogP contribution in [0.15, 0.2) is 24.4 Å². The summed E-state index contributed by atoms with van der Waals surface area (Å²) in [5, 5.41) is 27.6. The van der Waals surface area contributed by atoms with Crippen LogP contribution < -0.4 is 20.9 Å². The van der Waals surface area contributed by atoms with Crippen molar-refractivity contribution in [2.75, 3.05) is 11.4 Å². The Bertz CT molecular complexity index is 1100. The Morgan fingerprint density at radius 1 is 1.26 bits per heavy atom. The molecule has 3 amide bonds. The highest BCUT2D eigenvalue weighted by Crippen LogP contribution is 2.38. The van der Waals surface area contributed by atoms with E-state index in [0.717, 1.165) is 23.2 Å². The van der Waals surface area contributed by atoms with Gasteiger partial charge in [0.05, 0.1) is 6.54 Å².